The van der Waals surface area contributed by atoms with Crippen LogP contribution in [-0.2, 0) is 4.74 Å². The van der Waals surface area contributed by atoms with Gasteiger partial charge in [0.1, 0.15) is 0 Å². The van der Waals surface area contributed by atoms with Gasteiger partial charge in [0.15, 0.2) is 0 Å². The Hall–Kier alpha value is -0.120. The molecule has 2 N–H and O–H groups in total. The number of hydrogen-bond acceptors (Lipinski definition) is 3. The van der Waals surface area contributed by atoms with Crippen molar-refractivity contribution in [3.63, 3.8) is 0 Å². The molecule has 1 saturated carbocycles. The van der Waals surface area contributed by atoms with Gasteiger partial charge in [-0.05, 0) is 25.7 Å². The minimum atomic E-state index is 0.122. The van der Waals surface area contributed by atoms with Crippen LogP contribution < -0.4 is 5.73 Å². The lowest BCUT2D eigenvalue weighted by Crippen LogP contribution is -2.53. The van der Waals surface area contributed by atoms with Gasteiger partial charge in [-0.25, -0.2) is 0 Å². The summed E-state index contributed by atoms with van der Waals surface area (Å²) >= 11 is 0. The van der Waals surface area contributed by atoms with E-state index in [0.717, 1.165) is 19.6 Å². The van der Waals surface area contributed by atoms with Crippen molar-refractivity contribution in [2.24, 2.45) is 5.73 Å². The van der Waals surface area contributed by atoms with Crippen LogP contribution in [0.3, 0.4) is 0 Å². The number of likely N-dealkylation sites (tertiary alicyclic amines) is 1. The summed E-state index contributed by atoms with van der Waals surface area (Å²) in [4.78, 5) is 2.55. The Morgan fingerprint density at radius 1 is 1.13 bits per heavy atom. The molecule has 2 unspecified atom stereocenters. The van der Waals surface area contributed by atoms with Crippen LogP contribution in [0.1, 0.15) is 38.5 Å². The fourth-order valence-electron chi connectivity index (χ4n) is 3.51. The van der Waals surface area contributed by atoms with Crippen molar-refractivity contribution >= 4 is 0 Å². The van der Waals surface area contributed by atoms with E-state index in [-0.39, 0.29) is 5.54 Å². The molecule has 3 heteroatoms. The molecule has 2 heterocycles. The van der Waals surface area contributed by atoms with Crippen molar-refractivity contribution in [2.75, 3.05) is 19.6 Å². The van der Waals surface area contributed by atoms with E-state index in [1.165, 1.54) is 38.5 Å². The highest BCUT2D eigenvalue weighted by Crippen LogP contribution is 2.31. The van der Waals surface area contributed by atoms with Gasteiger partial charge in [0.05, 0.1) is 12.2 Å². The lowest BCUT2D eigenvalue weighted by Gasteiger charge is -2.37. The van der Waals surface area contributed by atoms with Gasteiger partial charge >= 0.3 is 0 Å². The third-order valence-corrected chi connectivity index (χ3v) is 4.26. The third-order valence-electron chi connectivity index (χ3n) is 4.26. The molecule has 3 rings (SSSR count). The Kier molecular flexibility index (Phi) is 2.49. The van der Waals surface area contributed by atoms with Gasteiger partial charge in [0.25, 0.3) is 0 Å². The average molecular weight is 210 g/mol. The summed E-state index contributed by atoms with van der Waals surface area (Å²) < 4.78 is 5.84. The van der Waals surface area contributed by atoms with Crippen LogP contribution in [0.25, 0.3) is 0 Å². The molecule has 86 valence electrons. The summed E-state index contributed by atoms with van der Waals surface area (Å²) in [5, 5.41) is 0. The highest BCUT2D eigenvalue weighted by molar-refractivity contribution is 4.95. The van der Waals surface area contributed by atoms with Crippen molar-refractivity contribution in [2.45, 2.75) is 56.3 Å². The zero-order chi connectivity index (χ0) is 10.3. The van der Waals surface area contributed by atoms with Gasteiger partial charge in [-0.15, -0.1) is 0 Å². The Bertz CT molecular complexity index is 226. The van der Waals surface area contributed by atoms with E-state index in [9.17, 15) is 0 Å². The van der Waals surface area contributed by atoms with Crippen LogP contribution in [0.4, 0.5) is 0 Å². The summed E-state index contributed by atoms with van der Waals surface area (Å²) in [7, 11) is 0. The van der Waals surface area contributed by atoms with E-state index in [0.29, 0.717) is 12.2 Å². The molecule has 2 saturated heterocycles. The Morgan fingerprint density at radius 3 is 2.33 bits per heavy atom. The quantitative estimate of drug-likeness (QED) is 0.742. The molecular weight excluding hydrogens is 188 g/mol. The molecule has 2 atom stereocenters. The van der Waals surface area contributed by atoms with Crippen molar-refractivity contribution in [3.05, 3.63) is 0 Å². The van der Waals surface area contributed by atoms with Crippen LogP contribution in [0.15, 0.2) is 0 Å². The van der Waals surface area contributed by atoms with E-state index < -0.39 is 0 Å². The monoisotopic (exact) mass is 210 g/mol. The second-order valence-electron chi connectivity index (χ2n) is 5.72. The minimum absolute atomic E-state index is 0.122. The largest absolute Gasteiger partial charge is 0.372 e. The van der Waals surface area contributed by atoms with Crippen molar-refractivity contribution < 1.29 is 4.74 Å². The molecule has 0 aromatic heterocycles. The van der Waals surface area contributed by atoms with E-state index in [2.05, 4.69) is 4.90 Å². The lowest BCUT2D eigenvalue weighted by molar-refractivity contribution is -0.0439. The molecule has 0 aromatic carbocycles. The average Bonchev–Trinajstić information content (AvgIpc) is 2.74. The SMILES string of the molecule is NC1(CN2CC3CCC(C2)O3)CCCC1. The van der Waals surface area contributed by atoms with Crippen molar-refractivity contribution in [1.29, 1.82) is 0 Å². The number of nitrogens with zero attached hydrogens (tertiary/aromatic N) is 1. The third kappa shape index (κ3) is 2.05. The van der Waals surface area contributed by atoms with Gasteiger partial charge in [0.2, 0.25) is 0 Å². The number of rotatable bonds is 2. The summed E-state index contributed by atoms with van der Waals surface area (Å²) in [6, 6.07) is 0. The van der Waals surface area contributed by atoms with Gasteiger partial charge in [-0.1, -0.05) is 12.8 Å². The lowest BCUT2D eigenvalue weighted by atomic mass is 9.98. The fourth-order valence-corrected chi connectivity index (χ4v) is 3.51. The predicted octanol–water partition coefficient (Wildman–Crippen LogP) is 1.12. The first-order valence-corrected chi connectivity index (χ1v) is 6.40. The van der Waals surface area contributed by atoms with Crippen LogP contribution in [0, 0.1) is 0 Å². The smallest absolute Gasteiger partial charge is 0.0707 e. The summed E-state index contributed by atoms with van der Waals surface area (Å²) in [5.41, 5.74) is 6.54. The Morgan fingerprint density at radius 2 is 1.73 bits per heavy atom. The standard InChI is InChI=1S/C12H22N2O/c13-12(5-1-2-6-12)9-14-7-10-3-4-11(8-14)15-10/h10-11H,1-9,13H2. The molecule has 15 heavy (non-hydrogen) atoms. The molecule has 3 fully saturated rings. The predicted molar refractivity (Wildman–Crippen MR) is 59.7 cm³/mol. The van der Waals surface area contributed by atoms with Crippen LogP contribution in [0.5, 0.6) is 0 Å². The number of hydrogen-bond donors (Lipinski definition) is 1. The number of fused-ring (bicyclic) bond motifs is 2. The molecule has 2 bridgehead atoms. The van der Waals surface area contributed by atoms with Crippen molar-refractivity contribution in [1.82, 2.24) is 4.90 Å². The second-order valence-corrected chi connectivity index (χ2v) is 5.72. The van der Waals surface area contributed by atoms with Crippen LogP contribution in [-0.4, -0.2) is 42.3 Å². The van der Waals surface area contributed by atoms with E-state index in [4.69, 9.17) is 10.5 Å². The van der Waals surface area contributed by atoms with E-state index in [1.54, 1.807) is 0 Å². The first-order valence-electron chi connectivity index (χ1n) is 6.40. The van der Waals surface area contributed by atoms with Gasteiger partial charge in [0, 0.05) is 25.2 Å². The Balaban J connectivity index is 1.59. The molecule has 0 radical (unpaired) electrons. The second kappa shape index (κ2) is 3.72. The molecule has 2 aliphatic heterocycles. The number of ether oxygens (including phenoxy) is 1. The maximum absolute atomic E-state index is 6.42. The molecule has 0 aromatic rings. The van der Waals surface area contributed by atoms with Gasteiger partial charge in [-0.2, -0.15) is 0 Å². The zero-order valence-electron chi connectivity index (χ0n) is 9.45. The summed E-state index contributed by atoms with van der Waals surface area (Å²) in [6.45, 7) is 3.34. The van der Waals surface area contributed by atoms with Gasteiger partial charge in [-0.3, -0.25) is 4.90 Å². The maximum atomic E-state index is 6.42. The minimum Gasteiger partial charge on any atom is -0.372 e. The highest BCUT2D eigenvalue weighted by atomic mass is 16.5. The van der Waals surface area contributed by atoms with Gasteiger partial charge < -0.3 is 10.5 Å². The fraction of sp³-hybridized carbons (Fsp3) is 1.00. The molecule has 0 spiro atoms. The molecule has 3 nitrogen and oxygen atoms in total. The van der Waals surface area contributed by atoms with E-state index >= 15 is 0 Å². The molecule has 0 amide bonds. The molecule has 1 aliphatic carbocycles. The first kappa shape index (κ1) is 10.1. The number of nitrogens with two attached hydrogens (primary N) is 1. The first-order chi connectivity index (χ1) is 7.23. The maximum Gasteiger partial charge on any atom is 0.0707 e. The molecule has 3 aliphatic rings. The van der Waals surface area contributed by atoms with Crippen LogP contribution >= 0.6 is 0 Å². The number of morpholine rings is 1. The van der Waals surface area contributed by atoms with Crippen LogP contribution in [0.2, 0.25) is 0 Å². The molecular formula is C12H22N2O. The summed E-state index contributed by atoms with van der Waals surface area (Å²) in [6.07, 6.45) is 8.64. The summed E-state index contributed by atoms with van der Waals surface area (Å²) in [5.74, 6) is 0. The topological polar surface area (TPSA) is 38.5 Å². The highest BCUT2D eigenvalue weighted by Gasteiger charge is 2.38. The normalized spacial score (nSPS) is 39.8. The van der Waals surface area contributed by atoms with E-state index in [1.807, 2.05) is 0 Å². The zero-order valence-corrected chi connectivity index (χ0v) is 9.45. The van der Waals surface area contributed by atoms with Crippen molar-refractivity contribution in [3.8, 4) is 0 Å². The Labute approximate surface area is 91.9 Å².